The van der Waals surface area contributed by atoms with E-state index < -0.39 is 0 Å². The quantitative estimate of drug-likeness (QED) is 0.828. The molecule has 1 aromatic carbocycles. The molecule has 1 aromatic heterocycles. The minimum absolute atomic E-state index is 0.690. The van der Waals surface area contributed by atoms with Crippen LogP contribution in [-0.4, -0.2) is 65.1 Å². The van der Waals surface area contributed by atoms with Gasteiger partial charge in [0, 0.05) is 51.2 Å². The van der Waals surface area contributed by atoms with Crippen molar-refractivity contribution in [3.05, 3.63) is 54.4 Å². The highest BCUT2D eigenvalue weighted by Gasteiger charge is 2.27. The molecule has 0 bridgehead atoms. The molecule has 4 rings (SSSR count). The average Bonchev–Trinajstić information content (AvgIpc) is 2.98. The topological polar surface area (TPSA) is 35.5 Å². The van der Waals surface area contributed by atoms with Gasteiger partial charge < -0.3 is 4.90 Å². The van der Waals surface area contributed by atoms with Gasteiger partial charge in [-0.15, -0.1) is 0 Å². The third kappa shape index (κ3) is 4.40. The van der Waals surface area contributed by atoms with Crippen LogP contribution in [0.2, 0.25) is 0 Å². The first kappa shape index (κ1) is 17.4. The van der Waals surface area contributed by atoms with Crippen molar-refractivity contribution in [2.75, 3.05) is 44.2 Å². The SMILES string of the molecule is c1ccc(CN2CCCC2CN2CCCN(c3ncccn3)CC2)cc1. The van der Waals surface area contributed by atoms with Gasteiger partial charge in [-0.2, -0.15) is 0 Å². The third-order valence-electron chi connectivity index (χ3n) is 5.62. The van der Waals surface area contributed by atoms with Crippen LogP contribution in [0.3, 0.4) is 0 Å². The molecule has 3 heterocycles. The zero-order valence-corrected chi connectivity index (χ0v) is 15.5. The van der Waals surface area contributed by atoms with Crippen molar-refractivity contribution < 1.29 is 0 Å². The number of benzene rings is 1. The van der Waals surface area contributed by atoms with E-state index in [0.717, 1.165) is 32.1 Å². The van der Waals surface area contributed by atoms with E-state index in [1.165, 1.54) is 44.5 Å². The number of nitrogens with zero attached hydrogens (tertiary/aromatic N) is 5. The predicted octanol–water partition coefficient (Wildman–Crippen LogP) is 2.65. The Bertz CT molecular complexity index is 663. The van der Waals surface area contributed by atoms with Gasteiger partial charge in [0.05, 0.1) is 0 Å². The molecule has 5 nitrogen and oxygen atoms in total. The van der Waals surface area contributed by atoms with Gasteiger partial charge in [0.2, 0.25) is 5.95 Å². The summed E-state index contributed by atoms with van der Waals surface area (Å²) in [6.45, 7) is 7.87. The Hall–Kier alpha value is -1.98. The maximum absolute atomic E-state index is 4.42. The van der Waals surface area contributed by atoms with Gasteiger partial charge in [-0.25, -0.2) is 9.97 Å². The van der Waals surface area contributed by atoms with Crippen LogP contribution in [0.4, 0.5) is 5.95 Å². The summed E-state index contributed by atoms with van der Waals surface area (Å²) < 4.78 is 0. The highest BCUT2D eigenvalue weighted by atomic mass is 15.3. The molecular formula is C21H29N5. The highest BCUT2D eigenvalue weighted by molar-refractivity contribution is 5.28. The van der Waals surface area contributed by atoms with Crippen molar-refractivity contribution in [1.82, 2.24) is 19.8 Å². The van der Waals surface area contributed by atoms with Crippen LogP contribution in [0.5, 0.6) is 0 Å². The Morgan fingerprint density at radius 3 is 2.54 bits per heavy atom. The molecule has 0 radical (unpaired) electrons. The van der Waals surface area contributed by atoms with Gasteiger partial charge in [-0.05, 0) is 44.0 Å². The zero-order valence-electron chi connectivity index (χ0n) is 15.5. The van der Waals surface area contributed by atoms with Gasteiger partial charge in [0.1, 0.15) is 0 Å². The second kappa shape index (κ2) is 8.60. The molecule has 0 saturated carbocycles. The van der Waals surface area contributed by atoms with Crippen molar-refractivity contribution in [2.45, 2.75) is 31.8 Å². The van der Waals surface area contributed by atoms with Crippen molar-refractivity contribution in [1.29, 1.82) is 0 Å². The fraction of sp³-hybridized carbons (Fsp3) is 0.524. The third-order valence-corrected chi connectivity index (χ3v) is 5.62. The molecule has 2 saturated heterocycles. The average molecular weight is 351 g/mol. The molecule has 2 aromatic rings. The number of hydrogen-bond donors (Lipinski definition) is 0. The number of rotatable bonds is 5. The minimum atomic E-state index is 0.690. The molecule has 0 N–H and O–H groups in total. The summed E-state index contributed by atoms with van der Waals surface area (Å²) in [5, 5.41) is 0. The lowest BCUT2D eigenvalue weighted by Crippen LogP contribution is -2.41. The molecule has 138 valence electrons. The van der Waals surface area contributed by atoms with E-state index in [4.69, 9.17) is 0 Å². The highest BCUT2D eigenvalue weighted by Crippen LogP contribution is 2.22. The summed E-state index contributed by atoms with van der Waals surface area (Å²) >= 11 is 0. The summed E-state index contributed by atoms with van der Waals surface area (Å²) in [5.41, 5.74) is 1.43. The van der Waals surface area contributed by atoms with Crippen LogP contribution in [0.15, 0.2) is 48.8 Å². The molecule has 0 amide bonds. The van der Waals surface area contributed by atoms with Crippen LogP contribution >= 0.6 is 0 Å². The molecule has 1 atom stereocenters. The van der Waals surface area contributed by atoms with Gasteiger partial charge in [0.15, 0.2) is 0 Å². The fourth-order valence-electron chi connectivity index (χ4n) is 4.23. The van der Waals surface area contributed by atoms with Gasteiger partial charge in [-0.3, -0.25) is 9.80 Å². The van der Waals surface area contributed by atoms with Crippen LogP contribution < -0.4 is 4.90 Å². The summed E-state index contributed by atoms with van der Waals surface area (Å²) in [5.74, 6) is 0.876. The molecule has 2 fully saturated rings. The number of hydrogen-bond acceptors (Lipinski definition) is 5. The monoisotopic (exact) mass is 351 g/mol. The Balaban J connectivity index is 1.32. The molecule has 2 aliphatic heterocycles. The van der Waals surface area contributed by atoms with E-state index >= 15 is 0 Å². The van der Waals surface area contributed by atoms with Crippen LogP contribution in [-0.2, 0) is 6.54 Å². The molecule has 0 spiro atoms. The number of anilines is 1. The maximum Gasteiger partial charge on any atom is 0.225 e. The lowest BCUT2D eigenvalue weighted by atomic mass is 10.1. The summed E-state index contributed by atoms with van der Waals surface area (Å²) in [4.78, 5) is 16.5. The van der Waals surface area contributed by atoms with Gasteiger partial charge >= 0.3 is 0 Å². The lowest BCUT2D eigenvalue weighted by Gasteiger charge is -2.30. The minimum Gasteiger partial charge on any atom is -0.339 e. The smallest absolute Gasteiger partial charge is 0.225 e. The van der Waals surface area contributed by atoms with E-state index in [9.17, 15) is 0 Å². The van der Waals surface area contributed by atoms with E-state index in [2.05, 4.69) is 55.0 Å². The normalized spacial score (nSPS) is 22.5. The maximum atomic E-state index is 4.42. The molecule has 5 heteroatoms. The fourth-order valence-corrected chi connectivity index (χ4v) is 4.23. The standard InChI is InChI=1S/C21H29N5/c1-2-7-19(8-3-1)17-26-13-4-9-20(26)18-24-12-6-14-25(16-15-24)21-22-10-5-11-23-21/h1-3,5,7-8,10-11,20H,4,6,9,12-18H2. The van der Waals surface area contributed by atoms with E-state index in [1.54, 1.807) is 0 Å². The van der Waals surface area contributed by atoms with Crippen molar-refractivity contribution >= 4 is 5.95 Å². The molecule has 0 aliphatic carbocycles. The lowest BCUT2D eigenvalue weighted by molar-refractivity contribution is 0.172. The second-order valence-corrected chi connectivity index (χ2v) is 7.44. The Morgan fingerprint density at radius 1 is 0.846 bits per heavy atom. The molecule has 26 heavy (non-hydrogen) atoms. The zero-order chi connectivity index (χ0) is 17.6. The summed E-state index contributed by atoms with van der Waals surface area (Å²) in [6, 6.07) is 13.5. The molecular weight excluding hydrogens is 322 g/mol. The largest absolute Gasteiger partial charge is 0.339 e. The van der Waals surface area contributed by atoms with Crippen LogP contribution in [0.25, 0.3) is 0 Å². The Kier molecular flexibility index (Phi) is 5.77. The number of likely N-dealkylation sites (tertiary alicyclic amines) is 1. The van der Waals surface area contributed by atoms with E-state index in [0.29, 0.717) is 6.04 Å². The predicted molar refractivity (Wildman–Crippen MR) is 105 cm³/mol. The first-order chi connectivity index (χ1) is 12.9. The van der Waals surface area contributed by atoms with Gasteiger partial charge in [-0.1, -0.05) is 30.3 Å². The van der Waals surface area contributed by atoms with Crippen molar-refractivity contribution in [3.8, 4) is 0 Å². The van der Waals surface area contributed by atoms with E-state index in [1.807, 2.05) is 18.5 Å². The van der Waals surface area contributed by atoms with E-state index in [-0.39, 0.29) is 0 Å². The summed E-state index contributed by atoms with van der Waals surface area (Å²) in [6.07, 6.45) is 7.52. The second-order valence-electron chi connectivity index (χ2n) is 7.44. The van der Waals surface area contributed by atoms with Gasteiger partial charge in [0.25, 0.3) is 0 Å². The first-order valence-corrected chi connectivity index (χ1v) is 9.91. The van der Waals surface area contributed by atoms with Crippen LogP contribution in [0.1, 0.15) is 24.8 Å². The molecule has 1 unspecified atom stereocenters. The van der Waals surface area contributed by atoms with Crippen LogP contribution in [0, 0.1) is 0 Å². The first-order valence-electron chi connectivity index (χ1n) is 9.91. The Labute approximate surface area is 156 Å². The van der Waals surface area contributed by atoms with Crippen molar-refractivity contribution in [3.63, 3.8) is 0 Å². The summed E-state index contributed by atoms with van der Waals surface area (Å²) in [7, 11) is 0. The molecule has 2 aliphatic rings. The number of aromatic nitrogens is 2. The Morgan fingerprint density at radius 2 is 1.69 bits per heavy atom. The van der Waals surface area contributed by atoms with Crippen molar-refractivity contribution in [2.24, 2.45) is 0 Å².